The fraction of sp³-hybridized carbons (Fsp3) is 0.0667. The molecule has 7 aromatic carbocycles. The van der Waals surface area contributed by atoms with E-state index in [1.807, 2.05) is 0 Å². The molecule has 0 heterocycles. The fourth-order valence-electron chi connectivity index (χ4n) is 7.29. The lowest BCUT2D eigenvalue weighted by atomic mass is 10.3. The van der Waals surface area contributed by atoms with Crippen molar-refractivity contribution in [2.24, 2.45) is 0 Å². The summed E-state index contributed by atoms with van der Waals surface area (Å²) in [5.74, 6) is 0. The molecule has 0 atom stereocenters. The topological polar surface area (TPSA) is 18.5 Å². The summed E-state index contributed by atoms with van der Waals surface area (Å²) in [7, 11) is -9.93. The molecule has 0 aliphatic heterocycles. The first-order chi connectivity index (χ1) is 24.7. The molecule has 0 unspecified atom stereocenters. The fourth-order valence-corrected chi connectivity index (χ4v) is 23.8. The number of hydrogen-bond donors (Lipinski definition) is 0. The minimum absolute atomic E-state index is 0.912. The monoisotopic (exact) mass is 698 g/mol. The summed E-state index contributed by atoms with van der Waals surface area (Å²) < 4.78 is 16.9. The summed E-state index contributed by atoms with van der Waals surface area (Å²) in [6.07, 6.45) is 0.975. The van der Waals surface area contributed by atoms with E-state index in [4.69, 9.17) is 8.23 Å². The molecule has 0 radical (unpaired) electrons. The van der Waals surface area contributed by atoms with Crippen LogP contribution in [-0.2, 0) is 8.23 Å². The van der Waals surface area contributed by atoms with Crippen LogP contribution in [0.1, 0.15) is 13.3 Å². The Bertz CT molecular complexity index is 1870. The van der Waals surface area contributed by atoms with Gasteiger partial charge in [-0.1, -0.05) is 226 Å². The van der Waals surface area contributed by atoms with E-state index in [0.29, 0.717) is 0 Å². The van der Waals surface area contributed by atoms with E-state index in [-0.39, 0.29) is 0 Å². The van der Waals surface area contributed by atoms with Crippen LogP contribution in [0.3, 0.4) is 0 Å². The van der Waals surface area contributed by atoms with Crippen LogP contribution in [-0.4, -0.2) is 25.2 Å². The van der Waals surface area contributed by atoms with Crippen molar-refractivity contribution in [2.45, 2.75) is 19.4 Å². The normalized spacial score (nSPS) is 12.0. The Hall–Kier alpha value is -4.89. The van der Waals surface area contributed by atoms with Crippen molar-refractivity contribution in [1.82, 2.24) is 0 Å². The standard InChI is InChI=1S/C45H42O2Si3/c1-2-38-48(39-24-10-3-11-25-39,40-26-12-4-13-27-40)46-50(44-34-20-8-21-35-44,45-36-22-9-23-37-45)47-49(41-28-14-5-15-29-41,42-30-16-6-17-31-42)43-32-18-7-19-33-43/h3-37H,2,38H2,1H3. The third kappa shape index (κ3) is 6.42. The van der Waals surface area contributed by atoms with Crippen molar-refractivity contribution in [3.05, 3.63) is 212 Å². The molecular formula is C45H42O2Si3. The van der Waals surface area contributed by atoms with Crippen molar-refractivity contribution in [3.63, 3.8) is 0 Å². The molecule has 0 amide bonds. The van der Waals surface area contributed by atoms with Crippen molar-refractivity contribution in [3.8, 4) is 0 Å². The molecule has 0 aliphatic carbocycles. The van der Waals surface area contributed by atoms with Gasteiger partial charge in [-0.15, -0.1) is 0 Å². The van der Waals surface area contributed by atoms with Crippen LogP contribution >= 0.6 is 0 Å². The Balaban J connectivity index is 1.62. The molecule has 0 N–H and O–H groups in total. The van der Waals surface area contributed by atoms with E-state index in [1.165, 1.54) is 25.9 Å². The molecule has 7 aromatic rings. The van der Waals surface area contributed by atoms with Gasteiger partial charge in [0.1, 0.15) is 0 Å². The predicted octanol–water partition coefficient (Wildman–Crippen LogP) is 6.11. The molecule has 0 saturated carbocycles. The zero-order chi connectivity index (χ0) is 34.1. The van der Waals surface area contributed by atoms with Crippen LogP contribution in [0, 0.1) is 0 Å². The number of benzene rings is 7. The Labute approximate surface area is 300 Å². The minimum Gasteiger partial charge on any atom is -0.422 e. The average Bonchev–Trinajstić information content (AvgIpc) is 3.21. The maximum Gasteiger partial charge on any atom is 0.387 e. The Morgan fingerprint density at radius 2 is 0.580 bits per heavy atom. The van der Waals surface area contributed by atoms with Crippen LogP contribution in [0.5, 0.6) is 0 Å². The zero-order valence-corrected chi connectivity index (χ0v) is 31.4. The lowest BCUT2D eigenvalue weighted by Gasteiger charge is -2.47. The number of rotatable bonds is 13. The highest BCUT2D eigenvalue weighted by Crippen LogP contribution is 2.26. The zero-order valence-electron chi connectivity index (χ0n) is 28.4. The van der Waals surface area contributed by atoms with Gasteiger partial charge in [0.2, 0.25) is 8.32 Å². The van der Waals surface area contributed by atoms with E-state index in [9.17, 15) is 0 Å². The summed E-state index contributed by atoms with van der Waals surface area (Å²) in [4.78, 5) is 0. The summed E-state index contributed by atoms with van der Waals surface area (Å²) in [6, 6.07) is 77.2. The Morgan fingerprint density at radius 3 is 0.860 bits per heavy atom. The van der Waals surface area contributed by atoms with Gasteiger partial charge < -0.3 is 8.23 Å². The molecule has 0 bridgehead atoms. The molecule has 7 rings (SSSR count). The largest absolute Gasteiger partial charge is 0.422 e. The lowest BCUT2D eigenvalue weighted by Crippen LogP contribution is -2.81. The van der Waals surface area contributed by atoms with Gasteiger partial charge in [-0.25, -0.2) is 0 Å². The van der Waals surface area contributed by atoms with Gasteiger partial charge in [-0.3, -0.25) is 0 Å². The summed E-state index contributed by atoms with van der Waals surface area (Å²) in [5.41, 5.74) is 0. The van der Waals surface area contributed by atoms with E-state index >= 15 is 0 Å². The third-order valence-corrected chi connectivity index (χ3v) is 23.8. The van der Waals surface area contributed by atoms with Crippen molar-refractivity contribution >= 4 is 61.5 Å². The number of hydrogen-bond acceptors (Lipinski definition) is 2. The van der Waals surface area contributed by atoms with Crippen LogP contribution in [0.4, 0.5) is 0 Å². The van der Waals surface area contributed by atoms with Gasteiger partial charge >= 0.3 is 8.56 Å². The van der Waals surface area contributed by atoms with Gasteiger partial charge in [-0.2, -0.15) is 0 Å². The second kappa shape index (κ2) is 15.3. The smallest absolute Gasteiger partial charge is 0.387 e. The summed E-state index contributed by atoms with van der Waals surface area (Å²) in [6.45, 7) is 2.28. The first-order valence-electron chi connectivity index (χ1n) is 17.5. The molecule has 0 saturated heterocycles. The predicted molar refractivity (Wildman–Crippen MR) is 217 cm³/mol. The van der Waals surface area contributed by atoms with Crippen molar-refractivity contribution in [1.29, 1.82) is 0 Å². The highest BCUT2D eigenvalue weighted by atomic mass is 28.5. The lowest BCUT2D eigenvalue weighted by molar-refractivity contribution is 0.423. The minimum atomic E-state index is -3.65. The molecule has 0 fully saturated rings. The summed E-state index contributed by atoms with van der Waals surface area (Å²) >= 11 is 0. The van der Waals surface area contributed by atoms with E-state index in [2.05, 4.69) is 219 Å². The van der Waals surface area contributed by atoms with E-state index in [0.717, 1.165) is 22.8 Å². The molecule has 5 heteroatoms. The quantitative estimate of drug-likeness (QED) is 0.107. The van der Waals surface area contributed by atoms with Crippen LogP contribution in [0.15, 0.2) is 212 Å². The maximum absolute atomic E-state index is 8.49. The first kappa shape index (κ1) is 33.6. The van der Waals surface area contributed by atoms with Crippen molar-refractivity contribution in [2.75, 3.05) is 0 Å². The molecule has 0 aromatic heterocycles. The van der Waals surface area contributed by atoms with Crippen molar-refractivity contribution < 1.29 is 8.23 Å². The summed E-state index contributed by atoms with van der Waals surface area (Å²) in [5, 5.41) is 8.28. The van der Waals surface area contributed by atoms with E-state index < -0.39 is 25.2 Å². The van der Waals surface area contributed by atoms with Gasteiger partial charge in [0.15, 0.2) is 0 Å². The average molecular weight is 699 g/mol. The van der Waals surface area contributed by atoms with Gasteiger partial charge in [0, 0.05) is 0 Å². The van der Waals surface area contributed by atoms with Gasteiger partial charge in [0.05, 0.1) is 0 Å². The Morgan fingerprint density at radius 1 is 0.320 bits per heavy atom. The third-order valence-electron chi connectivity index (χ3n) is 9.55. The van der Waals surface area contributed by atoms with E-state index in [1.54, 1.807) is 0 Å². The molecule has 246 valence electrons. The van der Waals surface area contributed by atoms with Gasteiger partial charge in [-0.05, 0) is 42.4 Å². The molecule has 0 spiro atoms. The first-order valence-corrected chi connectivity index (χ1v) is 23.3. The highest BCUT2D eigenvalue weighted by Gasteiger charge is 2.57. The van der Waals surface area contributed by atoms with Crippen LogP contribution < -0.4 is 36.3 Å². The maximum atomic E-state index is 8.49. The molecular weight excluding hydrogens is 657 g/mol. The molecule has 0 aliphatic rings. The van der Waals surface area contributed by atoms with Crippen LogP contribution in [0.2, 0.25) is 6.04 Å². The SMILES string of the molecule is CCC[Si](O[Si](O[Si](c1ccccc1)(c1ccccc1)c1ccccc1)(c1ccccc1)c1ccccc1)(c1ccccc1)c1ccccc1. The molecule has 2 nitrogen and oxygen atoms in total. The second-order valence-corrected chi connectivity index (χ2v) is 23.1. The Kier molecular flexibility index (Phi) is 10.3. The molecule has 50 heavy (non-hydrogen) atoms. The highest BCUT2D eigenvalue weighted by molar-refractivity contribution is 7.15. The second-order valence-electron chi connectivity index (χ2n) is 12.6. The van der Waals surface area contributed by atoms with Crippen LogP contribution in [0.25, 0.3) is 0 Å². The van der Waals surface area contributed by atoms with Gasteiger partial charge in [0.25, 0.3) is 8.32 Å².